The molecule has 0 saturated carbocycles. The highest BCUT2D eigenvalue weighted by Gasteiger charge is 2.19. The van der Waals surface area contributed by atoms with Gasteiger partial charge in [-0.2, -0.15) is 0 Å². The van der Waals surface area contributed by atoms with E-state index in [1.165, 1.54) is 22.5 Å². The average Bonchev–Trinajstić information content (AvgIpc) is 2.87. The summed E-state index contributed by atoms with van der Waals surface area (Å²) in [6.45, 7) is 10.8. The van der Waals surface area contributed by atoms with E-state index in [4.69, 9.17) is 4.74 Å². The van der Waals surface area contributed by atoms with E-state index in [9.17, 15) is 9.90 Å². The van der Waals surface area contributed by atoms with Crippen molar-refractivity contribution in [1.29, 1.82) is 0 Å². The van der Waals surface area contributed by atoms with Gasteiger partial charge < -0.3 is 14.6 Å². The van der Waals surface area contributed by atoms with E-state index in [1.807, 2.05) is 6.07 Å². The maximum absolute atomic E-state index is 11.0. The van der Waals surface area contributed by atoms with Crippen LogP contribution in [0.2, 0.25) is 0 Å². The summed E-state index contributed by atoms with van der Waals surface area (Å²) in [7, 11) is 0. The Morgan fingerprint density at radius 2 is 2.04 bits per heavy atom. The molecular formula is C19H24NO3S-. The molecule has 0 aliphatic heterocycles. The first-order valence-electron chi connectivity index (χ1n) is 8.16. The van der Waals surface area contributed by atoms with Crippen LogP contribution in [0.3, 0.4) is 0 Å². The second-order valence-corrected chi connectivity index (χ2v) is 7.93. The van der Waals surface area contributed by atoms with Crippen molar-refractivity contribution in [3.63, 3.8) is 0 Å². The lowest BCUT2D eigenvalue weighted by molar-refractivity contribution is -0.254. The quantitative estimate of drug-likeness (QED) is 0.805. The number of aromatic carboxylic acids is 1. The van der Waals surface area contributed by atoms with Gasteiger partial charge in [0.15, 0.2) is 0 Å². The second-order valence-electron chi connectivity index (χ2n) is 6.84. The molecule has 0 unspecified atom stereocenters. The fraction of sp³-hybridized carbons (Fsp3) is 0.474. The van der Waals surface area contributed by atoms with Crippen LogP contribution in [0.15, 0.2) is 18.2 Å². The monoisotopic (exact) mass is 346 g/mol. The summed E-state index contributed by atoms with van der Waals surface area (Å²) in [5, 5.41) is 11.7. The van der Waals surface area contributed by atoms with Crippen molar-refractivity contribution in [2.75, 3.05) is 6.61 Å². The molecule has 0 aliphatic carbocycles. The Labute approximate surface area is 147 Å². The van der Waals surface area contributed by atoms with Crippen molar-refractivity contribution in [1.82, 2.24) is 4.98 Å². The van der Waals surface area contributed by atoms with Crippen LogP contribution >= 0.6 is 11.3 Å². The van der Waals surface area contributed by atoms with Gasteiger partial charge in [0.1, 0.15) is 5.75 Å². The molecular weight excluding hydrogens is 322 g/mol. The standard InChI is InChI=1S/C19H25NO3S/c1-6-13-7-8-15(14(11-13)19(3,4)5)23-10-9-16-20-12(2)17(24-16)18(21)22/h7-8,11H,6,9-10H2,1-5H3,(H,21,22)/p-1. The molecule has 0 amide bonds. The molecule has 0 radical (unpaired) electrons. The molecule has 0 fully saturated rings. The highest BCUT2D eigenvalue weighted by atomic mass is 32.1. The van der Waals surface area contributed by atoms with Crippen molar-refractivity contribution >= 4 is 17.3 Å². The van der Waals surface area contributed by atoms with Crippen LogP contribution < -0.4 is 9.84 Å². The molecule has 1 aromatic carbocycles. The predicted molar refractivity (Wildman–Crippen MR) is 94.9 cm³/mol. The zero-order chi connectivity index (χ0) is 17.9. The number of hydrogen-bond acceptors (Lipinski definition) is 5. The van der Waals surface area contributed by atoms with Gasteiger partial charge in [-0.05, 0) is 36.0 Å². The molecule has 0 bridgehead atoms. The summed E-state index contributed by atoms with van der Waals surface area (Å²) in [5.74, 6) is -0.282. The van der Waals surface area contributed by atoms with Crippen molar-refractivity contribution in [3.05, 3.63) is 44.9 Å². The normalized spacial score (nSPS) is 11.5. The number of aryl methyl sites for hydroxylation is 2. The second kappa shape index (κ2) is 7.34. The van der Waals surface area contributed by atoms with Crippen molar-refractivity contribution in [3.8, 4) is 5.75 Å². The fourth-order valence-electron chi connectivity index (χ4n) is 2.51. The van der Waals surface area contributed by atoms with Gasteiger partial charge in [0.2, 0.25) is 0 Å². The van der Waals surface area contributed by atoms with Crippen molar-refractivity contribution in [2.24, 2.45) is 0 Å². The first kappa shape index (κ1) is 18.5. The number of carboxylic acid groups (broad SMARTS) is 1. The molecule has 1 heterocycles. The number of carbonyl (C=O) groups is 1. The zero-order valence-corrected chi connectivity index (χ0v) is 15.8. The number of aromatic nitrogens is 1. The molecule has 4 nitrogen and oxygen atoms in total. The van der Waals surface area contributed by atoms with Gasteiger partial charge in [-0.25, -0.2) is 4.98 Å². The highest BCUT2D eigenvalue weighted by molar-refractivity contribution is 7.13. The molecule has 0 aliphatic rings. The molecule has 24 heavy (non-hydrogen) atoms. The maximum Gasteiger partial charge on any atom is 0.123 e. The molecule has 0 saturated heterocycles. The molecule has 130 valence electrons. The fourth-order valence-corrected chi connectivity index (χ4v) is 3.39. The zero-order valence-electron chi connectivity index (χ0n) is 14.9. The molecule has 1 aromatic heterocycles. The Morgan fingerprint density at radius 1 is 1.33 bits per heavy atom. The van der Waals surface area contributed by atoms with Gasteiger partial charge >= 0.3 is 0 Å². The number of rotatable bonds is 6. The SMILES string of the molecule is CCc1ccc(OCCc2nc(C)c(C(=O)[O-])s2)c(C(C)(C)C)c1. The third kappa shape index (κ3) is 4.35. The van der Waals surface area contributed by atoms with E-state index in [1.54, 1.807) is 6.92 Å². The summed E-state index contributed by atoms with van der Waals surface area (Å²) < 4.78 is 5.98. The first-order valence-corrected chi connectivity index (χ1v) is 8.98. The number of thiazole rings is 1. The predicted octanol–water partition coefficient (Wildman–Crippen LogP) is 3.30. The number of ether oxygens (including phenoxy) is 1. The minimum absolute atomic E-state index is 0.000426. The van der Waals surface area contributed by atoms with E-state index in [-0.39, 0.29) is 10.3 Å². The molecule has 2 aromatic rings. The third-order valence-corrected chi connectivity index (χ3v) is 5.06. The summed E-state index contributed by atoms with van der Waals surface area (Å²) in [5.41, 5.74) is 2.99. The van der Waals surface area contributed by atoms with Crippen molar-refractivity contribution in [2.45, 2.75) is 52.9 Å². The van der Waals surface area contributed by atoms with Crippen molar-refractivity contribution < 1.29 is 14.6 Å². The average molecular weight is 346 g/mol. The molecule has 5 heteroatoms. The van der Waals surface area contributed by atoms with Crippen LogP contribution in [-0.2, 0) is 18.3 Å². The Bertz CT molecular complexity index is 729. The Morgan fingerprint density at radius 3 is 2.58 bits per heavy atom. The molecule has 0 spiro atoms. The lowest BCUT2D eigenvalue weighted by Crippen LogP contribution is -2.21. The molecule has 2 rings (SSSR count). The van der Waals surface area contributed by atoms with E-state index < -0.39 is 5.97 Å². The number of nitrogens with zero attached hydrogens (tertiary/aromatic N) is 1. The van der Waals surface area contributed by atoms with Gasteiger partial charge in [-0.3, -0.25) is 0 Å². The van der Waals surface area contributed by atoms with E-state index in [0.29, 0.717) is 18.7 Å². The smallest absolute Gasteiger partial charge is 0.123 e. The summed E-state index contributed by atoms with van der Waals surface area (Å²) in [6.07, 6.45) is 1.58. The molecule has 0 atom stereocenters. The Balaban J connectivity index is 2.09. The van der Waals surface area contributed by atoms with Gasteiger partial charge in [-0.1, -0.05) is 39.8 Å². The topological polar surface area (TPSA) is 62.2 Å². The molecule has 0 N–H and O–H groups in total. The summed E-state index contributed by atoms with van der Waals surface area (Å²) >= 11 is 1.17. The number of benzene rings is 1. The highest BCUT2D eigenvalue weighted by Crippen LogP contribution is 2.32. The minimum atomic E-state index is -1.16. The van der Waals surface area contributed by atoms with Gasteiger partial charge in [0.25, 0.3) is 0 Å². The number of carboxylic acids is 1. The third-order valence-electron chi connectivity index (χ3n) is 3.86. The largest absolute Gasteiger partial charge is 0.544 e. The van der Waals surface area contributed by atoms with Gasteiger partial charge in [0, 0.05) is 6.42 Å². The minimum Gasteiger partial charge on any atom is -0.544 e. The lowest BCUT2D eigenvalue weighted by atomic mass is 9.85. The first-order chi connectivity index (χ1) is 11.2. The van der Waals surface area contributed by atoms with E-state index >= 15 is 0 Å². The van der Waals surface area contributed by atoms with Crippen LogP contribution in [0, 0.1) is 6.92 Å². The number of hydrogen-bond donors (Lipinski definition) is 0. The van der Waals surface area contributed by atoms with Gasteiger partial charge in [-0.15, -0.1) is 11.3 Å². The lowest BCUT2D eigenvalue weighted by Gasteiger charge is -2.23. The van der Waals surface area contributed by atoms with E-state index in [0.717, 1.165) is 17.2 Å². The summed E-state index contributed by atoms with van der Waals surface area (Å²) in [4.78, 5) is 15.5. The van der Waals surface area contributed by atoms with Gasteiger partial charge in [0.05, 0.1) is 28.2 Å². The number of carbonyl (C=O) groups excluding carboxylic acids is 1. The Hall–Kier alpha value is -1.88. The van der Waals surface area contributed by atoms with Crippen LogP contribution in [-0.4, -0.2) is 17.6 Å². The Kier molecular flexibility index (Phi) is 5.65. The van der Waals surface area contributed by atoms with Crippen LogP contribution in [0.25, 0.3) is 0 Å². The van der Waals surface area contributed by atoms with Crippen LogP contribution in [0.5, 0.6) is 5.75 Å². The maximum atomic E-state index is 11.0. The van der Waals surface area contributed by atoms with E-state index in [2.05, 4.69) is 44.8 Å². The summed E-state index contributed by atoms with van der Waals surface area (Å²) in [6, 6.07) is 6.32. The van der Waals surface area contributed by atoms with Crippen LogP contribution in [0.4, 0.5) is 0 Å². The van der Waals surface area contributed by atoms with Crippen LogP contribution in [0.1, 0.15) is 59.2 Å².